The van der Waals surface area contributed by atoms with Gasteiger partial charge in [-0.1, -0.05) is 17.7 Å². The molecule has 12 heavy (non-hydrogen) atoms. The lowest BCUT2D eigenvalue weighted by molar-refractivity contribution is 0.180. The van der Waals surface area contributed by atoms with E-state index in [9.17, 15) is 5.11 Å². The van der Waals surface area contributed by atoms with Crippen molar-refractivity contribution < 1.29 is 5.11 Å². The molecule has 3 heteroatoms. The van der Waals surface area contributed by atoms with Crippen LogP contribution in [0.4, 0.5) is 0 Å². The van der Waals surface area contributed by atoms with Crippen molar-refractivity contribution >= 4 is 24.2 Å². The van der Waals surface area contributed by atoms with Crippen LogP contribution in [0.15, 0.2) is 17.0 Å². The number of aliphatic hydroxyl groups is 1. The van der Waals surface area contributed by atoms with Crippen LogP contribution in [0.3, 0.4) is 0 Å². The van der Waals surface area contributed by atoms with Crippen LogP contribution in [-0.4, -0.2) is 5.11 Å². The Kier molecular flexibility index (Phi) is 2.07. The fourth-order valence-electron chi connectivity index (χ4n) is 1.63. The minimum absolute atomic E-state index is 0.317. The molecule has 1 aromatic rings. The van der Waals surface area contributed by atoms with Gasteiger partial charge in [-0.05, 0) is 30.0 Å². The van der Waals surface area contributed by atoms with Crippen LogP contribution in [-0.2, 0) is 6.42 Å². The molecule has 0 amide bonds. The van der Waals surface area contributed by atoms with Crippen molar-refractivity contribution in [1.82, 2.24) is 0 Å². The van der Waals surface area contributed by atoms with E-state index in [-0.39, 0.29) is 6.10 Å². The second-order valence-electron chi connectivity index (χ2n) is 3.02. The number of rotatable bonds is 0. The van der Waals surface area contributed by atoms with E-state index in [1.807, 2.05) is 6.07 Å². The van der Waals surface area contributed by atoms with Gasteiger partial charge in [-0.25, -0.2) is 0 Å². The Labute approximate surface area is 81.8 Å². The third-order valence-electron chi connectivity index (χ3n) is 2.30. The average Bonchev–Trinajstić information content (AvgIpc) is 2.41. The molecular weight excluding hydrogens is 192 g/mol. The van der Waals surface area contributed by atoms with Gasteiger partial charge in [0.15, 0.2) is 0 Å². The molecule has 0 aliphatic heterocycles. The lowest BCUT2D eigenvalue weighted by Crippen LogP contribution is -1.90. The van der Waals surface area contributed by atoms with E-state index >= 15 is 0 Å². The minimum atomic E-state index is -0.317. The Balaban J connectivity index is 2.60. The number of aliphatic hydroxyl groups excluding tert-OH is 1. The summed E-state index contributed by atoms with van der Waals surface area (Å²) in [6, 6.07) is 3.67. The van der Waals surface area contributed by atoms with E-state index in [0.717, 1.165) is 28.9 Å². The van der Waals surface area contributed by atoms with Crippen LogP contribution in [0.2, 0.25) is 5.02 Å². The average molecular weight is 201 g/mol. The standard InChI is InChI=1S/C9H9ClOS/c10-7-3-1-5-6(9(7)12)2-4-8(5)11/h1,3,8,11-12H,2,4H2. The molecule has 1 aliphatic rings. The second kappa shape index (κ2) is 2.95. The lowest BCUT2D eigenvalue weighted by Gasteiger charge is -2.06. The highest BCUT2D eigenvalue weighted by molar-refractivity contribution is 7.80. The number of fused-ring (bicyclic) bond motifs is 1. The second-order valence-corrected chi connectivity index (χ2v) is 3.87. The van der Waals surface area contributed by atoms with Gasteiger partial charge < -0.3 is 5.11 Å². The summed E-state index contributed by atoms with van der Waals surface area (Å²) >= 11 is 10.2. The van der Waals surface area contributed by atoms with Gasteiger partial charge in [0.1, 0.15) is 0 Å². The normalized spacial score (nSPS) is 21.1. The summed E-state index contributed by atoms with van der Waals surface area (Å²) in [5.74, 6) is 0. The van der Waals surface area contributed by atoms with Gasteiger partial charge in [0.2, 0.25) is 0 Å². The topological polar surface area (TPSA) is 20.2 Å². The highest BCUT2D eigenvalue weighted by atomic mass is 35.5. The Morgan fingerprint density at radius 3 is 3.00 bits per heavy atom. The van der Waals surface area contributed by atoms with E-state index in [1.165, 1.54) is 0 Å². The molecule has 0 saturated heterocycles. The Morgan fingerprint density at radius 2 is 2.25 bits per heavy atom. The van der Waals surface area contributed by atoms with Crippen molar-refractivity contribution in [3.8, 4) is 0 Å². The molecule has 0 aromatic heterocycles. The number of hydrogen-bond donors (Lipinski definition) is 2. The predicted molar refractivity (Wildman–Crippen MR) is 52.0 cm³/mol. The molecule has 0 bridgehead atoms. The van der Waals surface area contributed by atoms with Gasteiger partial charge in [0.25, 0.3) is 0 Å². The third-order valence-corrected chi connectivity index (χ3v) is 3.25. The molecule has 1 atom stereocenters. The summed E-state index contributed by atoms with van der Waals surface area (Å²) in [7, 11) is 0. The largest absolute Gasteiger partial charge is 0.388 e. The molecule has 0 heterocycles. The van der Waals surface area contributed by atoms with Crippen LogP contribution >= 0.6 is 24.2 Å². The van der Waals surface area contributed by atoms with Crippen molar-refractivity contribution in [3.05, 3.63) is 28.3 Å². The predicted octanol–water partition coefficient (Wildman–Crippen LogP) is 2.61. The van der Waals surface area contributed by atoms with E-state index in [0.29, 0.717) is 5.02 Å². The Morgan fingerprint density at radius 1 is 1.50 bits per heavy atom. The smallest absolute Gasteiger partial charge is 0.0796 e. The first-order valence-corrected chi connectivity index (χ1v) is 4.71. The van der Waals surface area contributed by atoms with Crippen LogP contribution in [0.1, 0.15) is 23.7 Å². The van der Waals surface area contributed by atoms with Gasteiger partial charge in [0.05, 0.1) is 11.1 Å². The number of hydrogen-bond acceptors (Lipinski definition) is 2. The lowest BCUT2D eigenvalue weighted by atomic mass is 10.1. The molecule has 0 fully saturated rings. The van der Waals surface area contributed by atoms with E-state index in [2.05, 4.69) is 12.6 Å². The van der Waals surface area contributed by atoms with Gasteiger partial charge in [-0.2, -0.15) is 0 Å². The summed E-state index contributed by atoms with van der Waals surface area (Å²) in [5.41, 5.74) is 2.10. The van der Waals surface area contributed by atoms with Crippen molar-refractivity contribution in [2.75, 3.05) is 0 Å². The molecule has 1 nitrogen and oxygen atoms in total. The zero-order valence-electron chi connectivity index (χ0n) is 6.42. The first-order chi connectivity index (χ1) is 5.70. The zero-order valence-corrected chi connectivity index (χ0v) is 8.07. The third kappa shape index (κ3) is 1.15. The maximum atomic E-state index is 9.52. The molecule has 64 valence electrons. The molecule has 0 saturated carbocycles. The SMILES string of the molecule is OC1CCc2c1ccc(Cl)c2S. The first kappa shape index (κ1) is 8.42. The summed E-state index contributed by atoms with van der Waals surface area (Å²) in [4.78, 5) is 0.825. The van der Waals surface area contributed by atoms with Gasteiger partial charge in [-0.3, -0.25) is 0 Å². The quantitative estimate of drug-likeness (QED) is 0.617. The van der Waals surface area contributed by atoms with Crippen LogP contribution in [0.25, 0.3) is 0 Å². The fraction of sp³-hybridized carbons (Fsp3) is 0.333. The molecule has 1 aromatic carbocycles. The van der Waals surface area contributed by atoms with Gasteiger partial charge in [-0.15, -0.1) is 12.6 Å². The minimum Gasteiger partial charge on any atom is -0.388 e. The van der Waals surface area contributed by atoms with Crippen molar-refractivity contribution in [2.24, 2.45) is 0 Å². The summed E-state index contributed by atoms with van der Waals surface area (Å²) < 4.78 is 0. The van der Waals surface area contributed by atoms with Crippen LogP contribution in [0.5, 0.6) is 0 Å². The molecule has 1 aliphatic carbocycles. The maximum Gasteiger partial charge on any atom is 0.0796 e. The maximum absolute atomic E-state index is 9.52. The van der Waals surface area contributed by atoms with Crippen LogP contribution < -0.4 is 0 Å². The molecule has 2 rings (SSSR count). The molecule has 1 unspecified atom stereocenters. The van der Waals surface area contributed by atoms with E-state index in [4.69, 9.17) is 11.6 Å². The fourth-order valence-corrected chi connectivity index (χ4v) is 2.13. The summed E-state index contributed by atoms with van der Waals surface area (Å²) in [6.45, 7) is 0. The van der Waals surface area contributed by atoms with Crippen molar-refractivity contribution in [3.63, 3.8) is 0 Å². The van der Waals surface area contributed by atoms with Gasteiger partial charge >= 0.3 is 0 Å². The number of halogens is 1. The molecule has 0 radical (unpaired) electrons. The summed E-state index contributed by atoms with van der Waals surface area (Å²) in [6.07, 6.45) is 1.36. The first-order valence-electron chi connectivity index (χ1n) is 3.88. The van der Waals surface area contributed by atoms with Gasteiger partial charge in [0, 0.05) is 4.90 Å². The van der Waals surface area contributed by atoms with Crippen molar-refractivity contribution in [2.45, 2.75) is 23.8 Å². The van der Waals surface area contributed by atoms with Crippen LogP contribution in [0, 0.1) is 0 Å². The Bertz CT molecular complexity index is 325. The monoisotopic (exact) mass is 200 g/mol. The molecular formula is C9H9ClOS. The zero-order chi connectivity index (χ0) is 8.72. The Hall–Kier alpha value is -0.180. The van der Waals surface area contributed by atoms with E-state index in [1.54, 1.807) is 6.07 Å². The van der Waals surface area contributed by atoms with Crippen molar-refractivity contribution in [1.29, 1.82) is 0 Å². The van der Waals surface area contributed by atoms with E-state index < -0.39 is 0 Å². The highest BCUT2D eigenvalue weighted by Crippen LogP contribution is 2.37. The summed E-state index contributed by atoms with van der Waals surface area (Å²) in [5, 5.41) is 10.2. The number of thiol groups is 1. The molecule has 1 N–H and O–H groups in total. The molecule has 0 spiro atoms. The number of benzene rings is 1. The highest BCUT2D eigenvalue weighted by Gasteiger charge is 2.22.